The number of primary sulfonamides is 1. The van der Waals surface area contributed by atoms with E-state index >= 15 is 0 Å². The molecule has 1 fully saturated rings. The molecule has 0 aromatic heterocycles. The molecule has 0 heterocycles. The second-order valence-corrected chi connectivity index (χ2v) is 6.38. The number of nitrogens with one attached hydrogen (secondary N) is 1. The summed E-state index contributed by atoms with van der Waals surface area (Å²) >= 11 is 0. The largest absolute Gasteiger partial charge is 0.328 e. The second kappa shape index (κ2) is 5.36. The molecule has 1 saturated carbocycles. The van der Waals surface area contributed by atoms with E-state index in [1.54, 1.807) is 24.3 Å². The minimum Gasteiger partial charge on any atom is -0.328 e. The van der Waals surface area contributed by atoms with Gasteiger partial charge in [-0.3, -0.25) is 0 Å². The first kappa shape index (κ1) is 13.5. The molecular weight excluding hydrogens is 250 g/mol. The molecule has 1 aliphatic rings. The standard InChI is InChI=1S/C12H19N3O2S/c13-10-7-11(8-10)15-6-5-9-1-3-12(4-2-9)18(14,16)17/h1-4,10-11,15H,5-8,13H2,(H2,14,16,17). The molecule has 0 radical (unpaired) electrons. The highest BCUT2D eigenvalue weighted by Crippen LogP contribution is 2.17. The number of rotatable bonds is 5. The molecule has 1 aliphatic carbocycles. The Bertz CT molecular complexity index is 493. The zero-order chi connectivity index (χ0) is 13.2. The molecule has 2 rings (SSSR count). The SMILES string of the molecule is NC1CC(NCCc2ccc(S(N)(=O)=O)cc2)C1. The van der Waals surface area contributed by atoms with Gasteiger partial charge in [-0.1, -0.05) is 12.1 Å². The van der Waals surface area contributed by atoms with Crippen LogP contribution in [0.2, 0.25) is 0 Å². The van der Waals surface area contributed by atoms with Crippen LogP contribution in [0, 0.1) is 0 Å². The quantitative estimate of drug-likeness (QED) is 0.698. The van der Waals surface area contributed by atoms with Gasteiger partial charge in [0.15, 0.2) is 0 Å². The number of sulfonamides is 1. The number of nitrogens with two attached hydrogens (primary N) is 2. The Hall–Kier alpha value is -0.950. The van der Waals surface area contributed by atoms with Crippen molar-refractivity contribution in [3.63, 3.8) is 0 Å². The van der Waals surface area contributed by atoms with E-state index in [0.29, 0.717) is 12.1 Å². The average molecular weight is 269 g/mol. The van der Waals surface area contributed by atoms with Crippen molar-refractivity contribution in [3.8, 4) is 0 Å². The van der Waals surface area contributed by atoms with Crippen LogP contribution in [0.4, 0.5) is 0 Å². The molecule has 0 unspecified atom stereocenters. The zero-order valence-electron chi connectivity index (χ0n) is 10.2. The predicted octanol–water partition coefficient (Wildman–Crippen LogP) is -0.0442. The van der Waals surface area contributed by atoms with Crippen molar-refractivity contribution in [3.05, 3.63) is 29.8 Å². The van der Waals surface area contributed by atoms with Crippen molar-refractivity contribution in [1.82, 2.24) is 5.32 Å². The van der Waals surface area contributed by atoms with Gasteiger partial charge in [0, 0.05) is 12.1 Å². The first-order chi connectivity index (χ1) is 8.45. The van der Waals surface area contributed by atoms with Crippen molar-refractivity contribution in [2.24, 2.45) is 10.9 Å². The van der Waals surface area contributed by atoms with E-state index < -0.39 is 10.0 Å². The van der Waals surface area contributed by atoms with Gasteiger partial charge < -0.3 is 11.1 Å². The van der Waals surface area contributed by atoms with Gasteiger partial charge in [0.05, 0.1) is 4.90 Å². The summed E-state index contributed by atoms with van der Waals surface area (Å²) in [6.07, 6.45) is 2.96. The molecule has 100 valence electrons. The normalized spacial score (nSPS) is 23.7. The maximum atomic E-state index is 11.1. The molecule has 0 aliphatic heterocycles. The van der Waals surface area contributed by atoms with E-state index in [-0.39, 0.29) is 4.90 Å². The first-order valence-electron chi connectivity index (χ1n) is 6.06. The minimum absolute atomic E-state index is 0.157. The summed E-state index contributed by atoms with van der Waals surface area (Å²) in [5.41, 5.74) is 6.80. The third kappa shape index (κ3) is 3.52. The average Bonchev–Trinajstić information content (AvgIpc) is 2.26. The summed E-state index contributed by atoms with van der Waals surface area (Å²) in [6.45, 7) is 0.881. The highest BCUT2D eigenvalue weighted by molar-refractivity contribution is 7.89. The number of hydrogen-bond donors (Lipinski definition) is 3. The molecule has 0 atom stereocenters. The lowest BCUT2D eigenvalue weighted by Crippen LogP contribution is -2.48. The Morgan fingerprint density at radius 3 is 2.33 bits per heavy atom. The summed E-state index contributed by atoms with van der Waals surface area (Å²) in [5.74, 6) is 0. The summed E-state index contributed by atoms with van der Waals surface area (Å²) in [5, 5.41) is 8.45. The Morgan fingerprint density at radius 1 is 1.22 bits per heavy atom. The van der Waals surface area contributed by atoms with Crippen LogP contribution in [-0.4, -0.2) is 27.0 Å². The monoisotopic (exact) mass is 269 g/mol. The van der Waals surface area contributed by atoms with Crippen molar-refractivity contribution >= 4 is 10.0 Å². The van der Waals surface area contributed by atoms with Crippen LogP contribution < -0.4 is 16.2 Å². The van der Waals surface area contributed by atoms with E-state index in [1.165, 1.54) is 0 Å². The zero-order valence-corrected chi connectivity index (χ0v) is 11.0. The van der Waals surface area contributed by atoms with Crippen LogP contribution in [0.25, 0.3) is 0 Å². The third-order valence-electron chi connectivity index (χ3n) is 3.27. The van der Waals surface area contributed by atoms with E-state index in [9.17, 15) is 8.42 Å². The lowest BCUT2D eigenvalue weighted by atomic mass is 9.87. The lowest BCUT2D eigenvalue weighted by molar-refractivity contribution is 0.294. The molecule has 1 aromatic carbocycles. The van der Waals surface area contributed by atoms with Gasteiger partial charge in [-0.2, -0.15) is 0 Å². The topological polar surface area (TPSA) is 98.2 Å². The van der Waals surface area contributed by atoms with Gasteiger partial charge >= 0.3 is 0 Å². The van der Waals surface area contributed by atoms with Gasteiger partial charge in [0.25, 0.3) is 0 Å². The second-order valence-electron chi connectivity index (χ2n) is 4.82. The molecule has 0 saturated heterocycles. The molecule has 6 heteroatoms. The highest BCUT2D eigenvalue weighted by atomic mass is 32.2. The maximum Gasteiger partial charge on any atom is 0.238 e. The van der Waals surface area contributed by atoms with E-state index in [0.717, 1.165) is 31.4 Å². The molecule has 18 heavy (non-hydrogen) atoms. The van der Waals surface area contributed by atoms with Crippen molar-refractivity contribution in [1.29, 1.82) is 0 Å². The molecule has 5 nitrogen and oxygen atoms in total. The fraction of sp³-hybridized carbons (Fsp3) is 0.500. The fourth-order valence-corrected chi connectivity index (χ4v) is 2.61. The summed E-state index contributed by atoms with van der Waals surface area (Å²) in [6, 6.07) is 7.59. The van der Waals surface area contributed by atoms with Crippen LogP contribution in [-0.2, 0) is 16.4 Å². The van der Waals surface area contributed by atoms with Crippen LogP contribution in [0.3, 0.4) is 0 Å². The smallest absolute Gasteiger partial charge is 0.238 e. The minimum atomic E-state index is -3.58. The lowest BCUT2D eigenvalue weighted by Gasteiger charge is -2.33. The number of hydrogen-bond acceptors (Lipinski definition) is 4. The highest BCUT2D eigenvalue weighted by Gasteiger charge is 2.24. The summed E-state index contributed by atoms with van der Waals surface area (Å²) < 4.78 is 22.2. The van der Waals surface area contributed by atoms with Crippen LogP contribution >= 0.6 is 0 Å². The Labute approximate surface area is 108 Å². The molecular formula is C12H19N3O2S. The molecule has 0 bridgehead atoms. The molecule has 5 N–H and O–H groups in total. The molecule has 0 spiro atoms. The first-order valence-corrected chi connectivity index (χ1v) is 7.60. The fourth-order valence-electron chi connectivity index (χ4n) is 2.09. The van der Waals surface area contributed by atoms with Crippen LogP contribution in [0.5, 0.6) is 0 Å². The Balaban J connectivity index is 1.80. The van der Waals surface area contributed by atoms with E-state index in [1.807, 2.05) is 0 Å². The van der Waals surface area contributed by atoms with Gasteiger partial charge in [0.1, 0.15) is 0 Å². The third-order valence-corrected chi connectivity index (χ3v) is 4.20. The van der Waals surface area contributed by atoms with Crippen molar-refractivity contribution in [2.45, 2.75) is 36.2 Å². The Kier molecular flexibility index (Phi) is 4.01. The Morgan fingerprint density at radius 2 is 1.83 bits per heavy atom. The van der Waals surface area contributed by atoms with Gasteiger partial charge in [-0.25, -0.2) is 13.6 Å². The van der Waals surface area contributed by atoms with Crippen molar-refractivity contribution < 1.29 is 8.42 Å². The predicted molar refractivity (Wildman–Crippen MR) is 70.5 cm³/mol. The maximum absolute atomic E-state index is 11.1. The number of benzene rings is 1. The molecule has 0 amide bonds. The van der Waals surface area contributed by atoms with E-state index in [2.05, 4.69) is 5.32 Å². The summed E-state index contributed by atoms with van der Waals surface area (Å²) in [7, 11) is -3.58. The van der Waals surface area contributed by atoms with Crippen LogP contribution in [0.15, 0.2) is 29.2 Å². The van der Waals surface area contributed by atoms with Crippen molar-refractivity contribution in [2.75, 3.05) is 6.54 Å². The summed E-state index contributed by atoms with van der Waals surface area (Å²) in [4.78, 5) is 0.157. The van der Waals surface area contributed by atoms with Gasteiger partial charge in [-0.05, 0) is 43.5 Å². The molecule has 1 aromatic rings. The van der Waals surface area contributed by atoms with E-state index in [4.69, 9.17) is 10.9 Å². The van der Waals surface area contributed by atoms with Crippen LogP contribution in [0.1, 0.15) is 18.4 Å². The van der Waals surface area contributed by atoms with Gasteiger partial charge in [0.2, 0.25) is 10.0 Å². The van der Waals surface area contributed by atoms with Gasteiger partial charge in [-0.15, -0.1) is 0 Å².